The number of aromatic nitrogens is 3. The Morgan fingerprint density at radius 1 is 1.35 bits per heavy atom. The average molecular weight is 367 g/mol. The average Bonchev–Trinajstić information content (AvgIpc) is 3.02. The van der Waals surface area contributed by atoms with E-state index in [1.54, 1.807) is 13.1 Å². The first-order chi connectivity index (χ1) is 12.1. The minimum absolute atomic E-state index is 0.0672. The maximum absolute atomic E-state index is 12.8. The van der Waals surface area contributed by atoms with E-state index in [0.717, 1.165) is 12.1 Å². The second kappa shape index (κ2) is 6.71. The fraction of sp³-hybridized carbons (Fsp3) is 0.471. The molecule has 0 saturated carbocycles. The summed E-state index contributed by atoms with van der Waals surface area (Å²) in [7, 11) is 0. The third kappa shape index (κ3) is 3.72. The number of rotatable bonds is 3. The van der Waals surface area contributed by atoms with Crippen LogP contribution in [0.5, 0.6) is 0 Å². The van der Waals surface area contributed by atoms with Gasteiger partial charge in [-0.2, -0.15) is 28.2 Å². The summed E-state index contributed by atoms with van der Waals surface area (Å²) in [4.78, 5) is 13.1. The van der Waals surface area contributed by atoms with Gasteiger partial charge in [-0.25, -0.2) is 0 Å². The van der Waals surface area contributed by atoms with Crippen molar-refractivity contribution in [3.63, 3.8) is 0 Å². The van der Waals surface area contributed by atoms with Crippen LogP contribution >= 0.6 is 0 Å². The van der Waals surface area contributed by atoms with Crippen molar-refractivity contribution >= 4 is 5.91 Å². The van der Waals surface area contributed by atoms with Crippen LogP contribution in [0.4, 0.5) is 13.2 Å². The lowest BCUT2D eigenvalue weighted by atomic mass is 10.00. The Bertz CT molecular complexity index is 817. The van der Waals surface area contributed by atoms with Crippen molar-refractivity contribution in [1.29, 1.82) is 0 Å². The number of benzene rings is 1. The Morgan fingerprint density at radius 2 is 2.08 bits per heavy atom. The molecule has 2 heterocycles. The molecule has 26 heavy (non-hydrogen) atoms. The molecule has 0 bridgehead atoms. The second-order valence-electron chi connectivity index (χ2n) is 6.55. The summed E-state index contributed by atoms with van der Waals surface area (Å²) in [6.45, 7) is 5.30. The van der Waals surface area contributed by atoms with Crippen molar-refractivity contribution in [2.45, 2.75) is 51.6 Å². The molecule has 1 fully saturated rings. The van der Waals surface area contributed by atoms with Crippen molar-refractivity contribution in [1.82, 2.24) is 25.6 Å². The molecular weight excluding hydrogens is 347 g/mol. The van der Waals surface area contributed by atoms with Crippen LogP contribution < -0.4 is 10.6 Å². The summed E-state index contributed by atoms with van der Waals surface area (Å²) in [6.07, 6.45) is -2.69. The van der Waals surface area contributed by atoms with E-state index in [-0.39, 0.29) is 30.6 Å². The zero-order chi connectivity index (χ0) is 19.1. The maximum Gasteiger partial charge on any atom is 0.416 e. The van der Waals surface area contributed by atoms with E-state index in [9.17, 15) is 18.0 Å². The van der Waals surface area contributed by atoms with E-state index in [0.29, 0.717) is 16.8 Å². The topological polar surface area (TPSA) is 71.8 Å². The van der Waals surface area contributed by atoms with Crippen LogP contribution in [-0.4, -0.2) is 27.1 Å². The number of amides is 1. The van der Waals surface area contributed by atoms with Crippen molar-refractivity contribution in [2.24, 2.45) is 0 Å². The van der Waals surface area contributed by atoms with Crippen molar-refractivity contribution in [3.8, 4) is 0 Å². The number of hydrogen-bond acceptors (Lipinski definition) is 4. The summed E-state index contributed by atoms with van der Waals surface area (Å²) in [5.74, 6) is -0.0672. The van der Waals surface area contributed by atoms with Gasteiger partial charge in [-0.1, -0.05) is 6.07 Å². The van der Waals surface area contributed by atoms with Gasteiger partial charge in [-0.05, 0) is 44.0 Å². The van der Waals surface area contributed by atoms with Gasteiger partial charge >= 0.3 is 6.18 Å². The number of carbonyl (C=O) groups is 1. The number of halogens is 3. The summed E-state index contributed by atoms with van der Waals surface area (Å²) in [6, 6.07) is 3.08. The van der Waals surface area contributed by atoms with E-state index in [4.69, 9.17) is 0 Å². The van der Waals surface area contributed by atoms with Crippen LogP contribution in [0.15, 0.2) is 24.4 Å². The Hall–Kier alpha value is -2.42. The Morgan fingerprint density at radius 3 is 2.69 bits per heavy atom. The first kappa shape index (κ1) is 18.4. The van der Waals surface area contributed by atoms with Gasteiger partial charge in [0.15, 0.2) is 0 Å². The van der Waals surface area contributed by atoms with E-state index >= 15 is 0 Å². The first-order valence-corrected chi connectivity index (χ1v) is 8.30. The number of hydrogen-bond donors (Lipinski definition) is 2. The fourth-order valence-corrected chi connectivity index (χ4v) is 3.16. The summed E-state index contributed by atoms with van der Waals surface area (Å²) < 4.78 is 38.5. The molecule has 1 aliphatic rings. The predicted octanol–water partition coefficient (Wildman–Crippen LogP) is 2.71. The lowest BCUT2D eigenvalue weighted by Gasteiger charge is -2.27. The summed E-state index contributed by atoms with van der Waals surface area (Å²) >= 11 is 0. The lowest BCUT2D eigenvalue weighted by Crippen LogP contribution is -2.51. The van der Waals surface area contributed by atoms with Crippen LogP contribution in [0.25, 0.3) is 0 Å². The van der Waals surface area contributed by atoms with Crippen molar-refractivity contribution in [2.75, 3.05) is 0 Å². The van der Waals surface area contributed by atoms with Gasteiger partial charge in [0, 0.05) is 6.42 Å². The molecule has 140 valence electrons. The van der Waals surface area contributed by atoms with E-state index in [1.165, 1.54) is 10.9 Å². The molecule has 3 rings (SSSR count). The SMILES string of the molecule is Cc1cc(C(F)(F)F)ccc1C(C)n1ncc(C2CC(=O)NC(C)N2)n1. The highest BCUT2D eigenvalue weighted by Gasteiger charge is 2.31. The third-order valence-electron chi connectivity index (χ3n) is 4.50. The van der Waals surface area contributed by atoms with Gasteiger partial charge < -0.3 is 5.32 Å². The zero-order valence-corrected chi connectivity index (χ0v) is 14.6. The molecule has 0 radical (unpaired) electrons. The molecule has 6 nitrogen and oxygen atoms in total. The second-order valence-corrected chi connectivity index (χ2v) is 6.55. The minimum Gasteiger partial charge on any atom is -0.341 e. The summed E-state index contributed by atoms with van der Waals surface area (Å²) in [5, 5.41) is 14.7. The number of nitrogens with one attached hydrogen (secondary N) is 2. The zero-order valence-electron chi connectivity index (χ0n) is 14.6. The molecule has 3 unspecified atom stereocenters. The maximum atomic E-state index is 12.8. The standard InChI is InChI=1S/C17H20F3N5O/c1-9-6-12(17(18,19)20)4-5-13(9)10(2)25-21-8-15(24-25)14-7-16(26)23-11(3)22-14/h4-6,8,10-11,14,22H,7H2,1-3H3,(H,23,26). The van der Waals surface area contributed by atoms with Crippen molar-refractivity contribution < 1.29 is 18.0 Å². The number of nitrogens with zero attached hydrogens (tertiary/aromatic N) is 3. The highest BCUT2D eigenvalue weighted by molar-refractivity contribution is 5.77. The smallest absolute Gasteiger partial charge is 0.341 e. The van der Waals surface area contributed by atoms with Crippen LogP contribution in [0.3, 0.4) is 0 Å². The van der Waals surface area contributed by atoms with Crippen LogP contribution in [0.2, 0.25) is 0 Å². The molecule has 9 heteroatoms. The molecule has 0 aliphatic carbocycles. The molecular formula is C17H20F3N5O. The summed E-state index contributed by atoms with van der Waals surface area (Å²) in [5.41, 5.74) is 1.19. The Labute approximate surface area is 148 Å². The van der Waals surface area contributed by atoms with Gasteiger partial charge in [0.05, 0.1) is 30.0 Å². The normalized spacial score (nSPS) is 22.2. The van der Waals surface area contributed by atoms with Crippen molar-refractivity contribution in [3.05, 3.63) is 46.8 Å². The molecule has 0 spiro atoms. The molecule has 1 saturated heterocycles. The van der Waals surface area contributed by atoms with E-state index in [2.05, 4.69) is 20.8 Å². The monoisotopic (exact) mass is 367 g/mol. The van der Waals surface area contributed by atoms with Crippen LogP contribution in [0, 0.1) is 6.92 Å². The molecule has 1 aromatic carbocycles. The molecule has 1 aliphatic heterocycles. The predicted molar refractivity (Wildman–Crippen MR) is 88.1 cm³/mol. The third-order valence-corrected chi connectivity index (χ3v) is 4.50. The number of alkyl halides is 3. The van der Waals surface area contributed by atoms with Gasteiger partial charge in [0.1, 0.15) is 5.69 Å². The molecule has 3 atom stereocenters. The molecule has 1 aromatic heterocycles. The lowest BCUT2D eigenvalue weighted by molar-refractivity contribution is -0.137. The number of carbonyl (C=O) groups excluding carboxylic acids is 1. The number of aryl methyl sites for hydroxylation is 1. The first-order valence-electron chi connectivity index (χ1n) is 8.30. The van der Waals surface area contributed by atoms with E-state index in [1.807, 2.05) is 13.8 Å². The Balaban J connectivity index is 1.82. The highest BCUT2D eigenvalue weighted by Crippen LogP contribution is 2.32. The van der Waals surface area contributed by atoms with Crippen LogP contribution in [-0.2, 0) is 11.0 Å². The van der Waals surface area contributed by atoms with Gasteiger partial charge in [0.2, 0.25) is 5.91 Å². The molecule has 2 N–H and O–H groups in total. The molecule has 2 aromatic rings. The largest absolute Gasteiger partial charge is 0.416 e. The van der Waals surface area contributed by atoms with Gasteiger partial charge in [0.25, 0.3) is 0 Å². The van der Waals surface area contributed by atoms with Gasteiger partial charge in [-0.3, -0.25) is 10.1 Å². The highest BCUT2D eigenvalue weighted by atomic mass is 19.4. The minimum atomic E-state index is -4.37. The van der Waals surface area contributed by atoms with E-state index < -0.39 is 11.7 Å². The Kier molecular flexibility index (Phi) is 4.74. The van der Waals surface area contributed by atoms with Gasteiger partial charge in [-0.15, -0.1) is 0 Å². The quantitative estimate of drug-likeness (QED) is 0.875. The fourth-order valence-electron chi connectivity index (χ4n) is 3.16. The van der Waals surface area contributed by atoms with Crippen LogP contribution in [0.1, 0.15) is 54.7 Å². The molecule has 1 amide bonds.